The maximum atomic E-state index is 3.33. The molecule has 0 radical (unpaired) electrons. The Labute approximate surface area is 237 Å². The van der Waals surface area contributed by atoms with E-state index in [-0.39, 0.29) is 0 Å². The second-order valence-electron chi connectivity index (χ2n) is 12.6. The van der Waals surface area contributed by atoms with Crippen molar-refractivity contribution in [2.24, 2.45) is 35.5 Å². The average Bonchev–Trinajstić information content (AvgIpc) is 3.00. The van der Waals surface area contributed by atoms with Gasteiger partial charge in [-0.2, -0.15) is 0 Å². The third-order valence-electron chi connectivity index (χ3n) is 10.4. The predicted octanol–water partition coefficient (Wildman–Crippen LogP) is 9.30. The summed E-state index contributed by atoms with van der Waals surface area (Å²) in [6.07, 6.45) is 44.8. The van der Waals surface area contributed by atoms with Gasteiger partial charge in [-0.1, -0.05) is 97.6 Å². The van der Waals surface area contributed by atoms with Gasteiger partial charge in [-0.05, 0) is 117 Å². The van der Waals surface area contributed by atoms with Crippen LogP contribution in [0.5, 0.6) is 0 Å². The van der Waals surface area contributed by atoms with Crippen LogP contribution in [0.2, 0.25) is 0 Å². The summed E-state index contributed by atoms with van der Waals surface area (Å²) in [4.78, 5) is 0. The van der Waals surface area contributed by atoms with Crippen molar-refractivity contribution >= 4 is 0 Å². The zero-order chi connectivity index (χ0) is 26.6. The molecule has 6 rings (SSSR count). The van der Waals surface area contributed by atoms with Crippen LogP contribution >= 0.6 is 0 Å². The largest absolute Gasteiger partial charge is 0.320 e. The molecule has 0 spiro atoms. The number of fused-ring (bicyclic) bond motifs is 2. The second kappa shape index (κ2) is 12.3. The molecule has 0 aliphatic heterocycles. The van der Waals surface area contributed by atoms with Gasteiger partial charge in [0.05, 0.1) is 0 Å². The summed E-state index contributed by atoms with van der Waals surface area (Å²) in [7, 11) is 2.07. The van der Waals surface area contributed by atoms with Crippen molar-refractivity contribution in [1.82, 2.24) is 5.32 Å². The molecule has 0 fully saturated rings. The first-order valence-electron chi connectivity index (χ1n) is 15.8. The maximum absolute atomic E-state index is 3.33. The van der Waals surface area contributed by atoms with Crippen molar-refractivity contribution in [3.8, 4) is 0 Å². The number of allylic oxidation sites excluding steroid dienone is 20. The number of rotatable bonds is 8. The maximum Gasteiger partial charge on any atom is 0.0124 e. The zero-order valence-corrected chi connectivity index (χ0v) is 24.1. The van der Waals surface area contributed by atoms with Crippen LogP contribution in [-0.4, -0.2) is 13.6 Å². The first-order chi connectivity index (χ1) is 19.2. The van der Waals surface area contributed by atoms with E-state index in [1.54, 1.807) is 27.9 Å². The monoisotopic (exact) mass is 517 g/mol. The fraction of sp³-hybridized carbons (Fsp3) is 0.474. The molecule has 1 nitrogen and oxygen atoms in total. The van der Waals surface area contributed by atoms with Gasteiger partial charge in [0, 0.05) is 17.8 Å². The lowest BCUT2D eigenvalue weighted by atomic mass is 9.64. The number of hydrogen-bond acceptors (Lipinski definition) is 1. The molecule has 0 saturated carbocycles. The third-order valence-corrected chi connectivity index (χ3v) is 10.4. The van der Waals surface area contributed by atoms with Crippen LogP contribution in [0.1, 0.15) is 64.7 Å². The Balaban J connectivity index is 1.20. The molecule has 1 heteroatoms. The zero-order valence-electron chi connectivity index (χ0n) is 24.1. The Morgan fingerprint density at radius 3 is 2.49 bits per heavy atom. The quantitative estimate of drug-likeness (QED) is 0.316. The minimum absolute atomic E-state index is 0.508. The van der Waals surface area contributed by atoms with Gasteiger partial charge in [0.25, 0.3) is 0 Å². The van der Waals surface area contributed by atoms with Gasteiger partial charge in [-0.15, -0.1) is 0 Å². The normalized spacial score (nSPS) is 32.2. The minimum Gasteiger partial charge on any atom is -0.320 e. The highest BCUT2D eigenvalue weighted by atomic mass is 14.8. The van der Waals surface area contributed by atoms with Crippen molar-refractivity contribution in [3.05, 3.63) is 119 Å². The van der Waals surface area contributed by atoms with Crippen molar-refractivity contribution in [2.45, 2.75) is 64.7 Å². The van der Waals surface area contributed by atoms with Crippen LogP contribution in [0, 0.1) is 35.5 Å². The average molecular weight is 518 g/mol. The number of hydrogen-bond donors (Lipinski definition) is 1. The van der Waals surface area contributed by atoms with Crippen molar-refractivity contribution < 1.29 is 0 Å². The highest BCUT2D eigenvalue weighted by Gasteiger charge is 2.36. The predicted molar refractivity (Wildman–Crippen MR) is 167 cm³/mol. The molecular formula is C38H47N. The van der Waals surface area contributed by atoms with Gasteiger partial charge in [-0.3, -0.25) is 0 Å². The summed E-state index contributed by atoms with van der Waals surface area (Å²) in [5, 5.41) is 3.33. The summed E-state index contributed by atoms with van der Waals surface area (Å²) in [5.41, 5.74) is 9.74. The lowest BCUT2D eigenvalue weighted by Gasteiger charge is -2.40. The van der Waals surface area contributed by atoms with E-state index in [2.05, 4.69) is 104 Å². The molecule has 0 heterocycles. The molecule has 1 N–H and O–H groups in total. The van der Waals surface area contributed by atoms with Gasteiger partial charge >= 0.3 is 0 Å². The van der Waals surface area contributed by atoms with Crippen LogP contribution in [0.4, 0.5) is 0 Å². The molecule has 6 atom stereocenters. The van der Waals surface area contributed by atoms with E-state index in [1.807, 2.05) is 0 Å². The number of nitrogens with one attached hydrogen (secondary N) is 1. The first-order valence-corrected chi connectivity index (χ1v) is 15.8. The summed E-state index contributed by atoms with van der Waals surface area (Å²) < 4.78 is 0. The fourth-order valence-corrected chi connectivity index (χ4v) is 8.28. The highest BCUT2D eigenvalue weighted by molar-refractivity contribution is 5.51. The van der Waals surface area contributed by atoms with E-state index >= 15 is 0 Å². The second-order valence-corrected chi connectivity index (χ2v) is 12.6. The SMILES string of the molecule is CNCCCC(C)C1CCC(C2=CCC(C3=CC=C(C4=CC=CCC4)C4C=CC=CC34)CC2)=C2C=CC=CC21. The molecule has 6 aliphatic carbocycles. The molecule has 0 aromatic carbocycles. The van der Waals surface area contributed by atoms with Crippen LogP contribution in [0.25, 0.3) is 0 Å². The van der Waals surface area contributed by atoms with Gasteiger partial charge in [-0.25, -0.2) is 0 Å². The Bertz CT molecular complexity index is 1240. The Morgan fingerprint density at radius 2 is 1.69 bits per heavy atom. The van der Waals surface area contributed by atoms with Gasteiger partial charge < -0.3 is 5.32 Å². The van der Waals surface area contributed by atoms with E-state index in [1.165, 1.54) is 63.4 Å². The van der Waals surface area contributed by atoms with E-state index in [0.717, 1.165) is 18.4 Å². The summed E-state index contributed by atoms with van der Waals surface area (Å²) >= 11 is 0. The van der Waals surface area contributed by atoms with Gasteiger partial charge in [0.1, 0.15) is 0 Å². The van der Waals surface area contributed by atoms with E-state index in [0.29, 0.717) is 23.7 Å². The molecule has 6 unspecified atom stereocenters. The lowest BCUT2D eigenvalue weighted by molar-refractivity contribution is 0.255. The molecule has 0 aromatic rings. The van der Waals surface area contributed by atoms with Crippen LogP contribution in [0.15, 0.2) is 119 Å². The summed E-state index contributed by atoms with van der Waals surface area (Å²) in [6, 6.07) is 0. The summed E-state index contributed by atoms with van der Waals surface area (Å²) in [6.45, 7) is 3.64. The standard InChI is InChI=1S/C38H47N/c1-27(11-10-26-39-2)31-22-23-33(36-15-7-6-14-35(31)36)29-18-20-30(21-19-29)34-25-24-32(28-12-4-3-5-13-28)37-16-8-9-17-38(34)37/h3-4,6-9,12,14-18,24-25,27,30-31,35,37-39H,5,10-11,13,19-23,26H2,1-2H3. The van der Waals surface area contributed by atoms with Crippen molar-refractivity contribution in [3.63, 3.8) is 0 Å². The van der Waals surface area contributed by atoms with E-state index in [4.69, 9.17) is 0 Å². The van der Waals surface area contributed by atoms with Crippen LogP contribution in [0.3, 0.4) is 0 Å². The smallest absolute Gasteiger partial charge is 0.0124 e. The van der Waals surface area contributed by atoms with E-state index in [9.17, 15) is 0 Å². The molecule has 0 amide bonds. The third kappa shape index (κ3) is 5.53. The molecule has 39 heavy (non-hydrogen) atoms. The lowest BCUT2D eigenvalue weighted by Crippen LogP contribution is -2.29. The minimum atomic E-state index is 0.508. The Hall–Kier alpha value is -2.64. The van der Waals surface area contributed by atoms with Crippen LogP contribution in [-0.2, 0) is 0 Å². The first kappa shape index (κ1) is 26.6. The molecule has 0 bridgehead atoms. The van der Waals surface area contributed by atoms with Gasteiger partial charge in [0.2, 0.25) is 0 Å². The molecule has 0 saturated heterocycles. The summed E-state index contributed by atoms with van der Waals surface area (Å²) in [5.74, 6) is 3.87. The molecule has 6 aliphatic rings. The molecule has 0 aromatic heterocycles. The Kier molecular flexibility index (Phi) is 8.35. The fourth-order valence-electron chi connectivity index (χ4n) is 8.28. The van der Waals surface area contributed by atoms with Crippen LogP contribution < -0.4 is 5.32 Å². The topological polar surface area (TPSA) is 12.0 Å². The highest BCUT2D eigenvalue weighted by Crippen LogP contribution is 2.49. The Morgan fingerprint density at radius 1 is 0.846 bits per heavy atom. The van der Waals surface area contributed by atoms with Crippen molar-refractivity contribution in [2.75, 3.05) is 13.6 Å². The van der Waals surface area contributed by atoms with E-state index < -0.39 is 0 Å². The molecule has 204 valence electrons. The van der Waals surface area contributed by atoms with Crippen molar-refractivity contribution in [1.29, 1.82) is 0 Å². The molecular weight excluding hydrogens is 470 g/mol. The van der Waals surface area contributed by atoms with Gasteiger partial charge in [0.15, 0.2) is 0 Å².